The predicted molar refractivity (Wildman–Crippen MR) is 194 cm³/mol. The fraction of sp³-hybridized carbons (Fsp3) is 0.528. The number of carbonyl (C=O) groups is 2. The van der Waals surface area contributed by atoms with Gasteiger partial charge in [0.05, 0.1) is 28.5 Å². The Hall–Kier alpha value is -4.91. The van der Waals surface area contributed by atoms with Crippen molar-refractivity contribution < 1.29 is 36.6 Å². The second-order valence-electron chi connectivity index (χ2n) is 14.9. The molecule has 3 aliphatic rings. The molecule has 56 heavy (non-hydrogen) atoms. The normalized spacial score (nSPS) is 18.7. The molecule has 20 heteroatoms. The summed E-state index contributed by atoms with van der Waals surface area (Å²) in [6, 6.07) is 2.53. The van der Waals surface area contributed by atoms with Gasteiger partial charge in [-0.15, -0.1) is 5.10 Å². The van der Waals surface area contributed by atoms with Gasteiger partial charge in [0.2, 0.25) is 17.6 Å². The van der Waals surface area contributed by atoms with Crippen LogP contribution in [0, 0.1) is 6.92 Å². The summed E-state index contributed by atoms with van der Waals surface area (Å²) in [5, 5.41) is 17.4. The average molecular weight is 807 g/mol. The second-order valence-corrected chi connectivity index (χ2v) is 15.3. The van der Waals surface area contributed by atoms with Gasteiger partial charge in [0.25, 0.3) is 17.9 Å². The number of aromatic nitrogens is 6. The highest BCUT2D eigenvalue weighted by atomic mass is 35.5. The van der Waals surface area contributed by atoms with Gasteiger partial charge in [0, 0.05) is 48.9 Å². The molecule has 2 N–H and O–H groups in total. The van der Waals surface area contributed by atoms with Crippen LogP contribution < -0.4 is 15.8 Å². The van der Waals surface area contributed by atoms with Crippen LogP contribution >= 0.6 is 11.6 Å². The third-order valence-corrected chi connectivity index (χ3v) is 11.7. The lowest BCUT2D eigenvalue weighted by atomic mass is 9.73. The van der Waals surface area contributed by atoms with Gasteiger partial charge in [-0.3, -0.25) is 19.3 Å². The van der Waals surface area contributed by atoms with E-state index in [0.29, 0.717) is 56.5 Å². The summed E-state index contributed by atoms with van der Waals surface area (Å²) in [5.74, 6) is -1.36. The molecule has 2 amide bonds. The Morgan fingerprint density at radius 2 is 1.82 bits per heavy atom. The van der Waals surface area contributed by atoms with Crippen molar-refractivity contribution in [2.45, 2.75) is 82.5 Å². The lowest BCUT2D eigenvalue weighted by Crippen LogP contribution is -2.47. The maximum Gasteiger partial charge on any atom is 0.416 e. The summed E-state index contributed by atoms with van der Waals surface area (Å²) in [5.41, 5.74) is -0.993. The van der Waals surface area contributed by atoms with Gasteiger partial charge in [-0.1, -0.05) is 18.5 Å². The van der Waals surface area contributed by atoms with Crippen LogP contribution in [0.3, 0.4) is 0 Å². The van der Waals surface area contributed by atoms with E-state index in [-0.39, 0.29) is 77.7 Å². The maximum atomic E-state index is 14.6. The summed E-state index contributed by atoms with van der Waals surface area (Å²) in [7, 11) is 1.66. The molecule has 3 aromatic heterocycles. The molecule has 0 bridgehead atoms. The number of hydrogen-bond acceptors (Lipinski definition) is 10. The van der Waals surface area contributed by atoms with E-state index in [1.54, 1.807) is 28.3 Å². The van der Waals surface area contributed by atoms with Gasteiger partial charge in [-0.2, -0.15) is 22.7 Å². The zero-order valence-electron chi connectivity index (χ0n) is 30.8. The zero-order valence-corrected chi connectivity index (χ0v) is 31.5. The lowest BCUT2D eigenvalue weighted by molar-refractivity contribution is -0.137. The Morgan fingerprint density at radius 1 is 1.12 bits per heavy atom. The van der Waals surface area contributed by atoms with E-state index in [0.717, 1.165) is 18.2 Å². The molecule has 0 saturated carbocycles. The highest BCUT2D eigenvalue weighted by molar-refractivity contribution is 6.33. The summed E-state index contributed by atoms with van der Waals surface area (Å²) in [4.78, 5) is 59.5. The third-order valence-electron chi connectivity index (χ3n) is 11.4. The first-order valence-electron chi connectivity index (χ1n) is 18.2. The number of nitrogens with zero attached hydrogens (tertiary/aromatic N) is 9. The van der Waals surface area contributed by atoms with E-state index in [2.05, 4.69) is 20.4 Å². The molecule has 7 rings (SSSR count). The fourth-order valence-electron chi connectivity index (χ4n) is 8.51. The number of aryl methyl sites for hydroxylation is 1. The van der Waals surface area contributed by atoms with Crippen LogP contribution in [0.25, 0.3) is 5.78 Å². The zero-order chi connectivity index (χ0) is 40.3. The molecule has 2 aliphatic heterocycles. The van der Waals surface area contributed by atoms with Crippen molar-refractivity contribution in [1.29, 1.82) is 0 Å². The van der Waals surface area contributed by atoms with Crippen molar-refractivity contribution >= 4 is 40.8 Å². The lowest BCUT2D eigenvalue weighted by Gasteiger charge is -2.39. The van der Waals surface area contributed by atoms with Crippen LogP contribution in [-0.4, -0.2) is 108 Å². The van der Waals surface area contributed by atoms with Crippen LogP contribution in [-0.2, 0) is 22.9 Å². The summed E-state index contributed by atoms with van der Waals surface area (Å²) in [6.45, 7) is 4.11. The number of rotatable bonds is 8. The number of nitrogens with one attached hydrogen (secondary N) is 1. The van der Waals surface area contributed by atoms with Crippen molar-refractivity contribution in [3.8, 4) is 5.75 Å². The quantitative estimate of drug-likeness (QED) is 0.236. The van der Waals surface area contributed by atoms with Crippen molar-refractivity contribution in [2.24, 2.45) is 0 Å². The van der Waals surface area contributed by atoms with Crippen LogP contribution in [0.4, 0.5) is 33.6 Å². The van der Waals surface area contributed by atoms with Gasteiger partial charge in [0.15, 0.2) is 11.4 Å². The molecule has 1 aromatic carbocycles. The number of aromatic hydroxyl groups is 1. The van der Waals surface area contributed by atoms with Crippen LogP contribution in [0.5, 0.6) is 5.75 Å². The van der Waals surface area contributed by atoms with Gasteiger partial charge >= 0.3 is 6.18 Å². The molecule has 1 unspecified atom stereocenters. The maximum absolute atomic E-state index is 14.6. The van der Waals surface area contributed by atoms with Crippen LogP contribution in [0.2, 0.25) is 5.02 Å². The Kier molecular flexibility index (Phi) is 10.4. The summed E-state index contributed by atoms with van der Waals surface area (Å²) >= 11 is 6.16. The number of benzene rings is 1. The second kappa shape index (κ2) is 14.9. The highest BCUT2D eigenvalue weighted by Crippen LogP contribution is 2.50. The molecular weight excluding hydrogens is 767 g/mol. The summed E-state index contributed by atoms with van der Waals surface area (Å²) < 4.78 is 68.8. The number of halogens is 6. The van der Waals surface area contributed by atoms with E-state index in [4.69, 9.17) is 16.6 Å². The Labute approximate surface area is 322 Å². The first kappa shape index (κ1) is 39.3. The molecule has 0 radical (unpaired) electrons. The van der Waals surface area contributed by atoms with E-state index in [9.17, 15) is 41.4 Å². The van der Waals surface area contributed by atoms with E-state index in [1.807, 2.05) is 11.8 Å². The van der Waals surface area contributed by atoms with Gasteiger partial charge < -0.3 is 24.8 Å². The van der Waals surface area contributed by atoms with Crippen LogP contribution in [0.15, 0.2) is 29.3 Å². The molecule has 2 fully saturated rings. The van der Waals surface area contributed by atoms with E-state index < -0.39 is 41.0 Å². The molecule has 300 valence electrons. The number of likely N-dealkylation sites (tertiary alicyclic amines) is 1. The molecule has 2 saturated heterocycles. The average Bonchev–Trinajstić information content (AvgIpc) is 3.71. The number of piperidine rings is 2. The van der Waals surface area contributed by atoms with Crippen molar-refractivity contribution in [1.82, 2.24) is 38.9 Å². The molecule has 4 aromatic rings. The minimum atomic E-state index is -4.64. The minimum absolute atomic E-state index is 0.0355. The van der Waals surface area contributed by atoms with Gasteiger partial charge in [-0.05, 0) is 70.2 Å². The number of hydrogen-bond donors (Lipinski definition) is 2. The molecule has 14 nitrogen and oxygen atoms in total. The fourth-order valence-corrected chi connectivity index (χ4v) is 8.74. The first-order chi connectivity index (χ1) is 26.5. The minimum Gasteiger partial charge on any atom is -0.504 e. The highest BCUT2D eigenvalue weighted by Gasteiger charge is 2.49. The summed E-state index contributed by atoms with van der Waals surface area (Å²) in [6.07, 6.45) is -3.50. The standard InChI is InChI=1S/C36H40ClF5N10O4/c1-19-15-35(8-12-49(13-9-35)32(56)28-30(54)20(2)43-18-44-28)27-29(19)51(17-26(53)45-24-5-4-21(14-23(24)37)36(40,41)42)34-46-33(47-52(34)31(27)55)50-10-6-22(7-11-50)48(3)16-25(38)39/h4-5,14,18-19,22,25,54H,6-13,15-17H2,1-3H3,(H,45,53). The molecule has 1 atom stereocenters. The van der Waals surface area contributed by atoms with Crippen molar-refractivity contribution in [2.75, 3.05) is 50.0 Å². The monoisotopic (exact) mass is 806 g/mol. The molecule has 1 spiro atoms. The number of amides is 2. The van der Waals surface area contributed by atoms with Crippen molar-refractivity contribution in [3.05, 3.63) is 68.1 Å². The molecule has 1 aliphatic carbocycles. The third kappa shape index (κ3) is 7.26. The van der Waals surface area contributed by atoms with Gasteiger partial charge in [0.1, 0.15) is 12.9 Å². The van der Waals surface area contributed by atoms with Crippen LogP contribution in [0.1, 0.15) is 77.9 Å². The molecule has 5 heterocycles. The van der Waals surface area contributed by atoms with Crippen molar-refractivity contribution in [3.63, 3.8) is 0 Å². The first-order valence-corrected chi connectivity index (χ1v) is 18.6. The number of anilines is 2. The van der Waals surface area contributed by atoms with E-state index >= 15 is 0 Å². The smallest absolute Gasteiger partial charge is 0.416 e. The number of carbonyl (C=O) groups excluding carboxylic acids is 2. The molecular formula is C36H40ClF5N10O4. The Morgan fingerprint density at radius 3 is 2.46 bits per heavy atom. The number of alkyl halides is 5. The number of fused-ring (bicyclic) bond motifs is 3. The predicted octanol–water partition coefficient (Wildman–Crippen LogP) is 4.85. The Bertz CT molecular complexity index is 2230. The SMILES string of the molecule is Cc1ncnc(C(=O)N2CCC3(CC2)CC(C)c2c3c(=O)n3nc(N4CCC(N(C)CC(F)F)CC4)nc3n2CC(=O)Nc2ccc(C(F)(F)F)cc2Cl)c1O. The Balaban J connectivity index is 1.23. The largest absolute Gasteiger partial charge is 0.504 e. The topological polar surface area (TPSA) is 154 Å². The van der Waals surface area contributed by atoms with E-state index in [1.165, 1.54) is 10.8 Å². The van der Waals surface area contributed by atoms with Gasteiger partial charge in [-0.25, -0.2) is 18.7 Å².